The van der Waals surface area contributed by atoms with E-state index in [0.29, 0.717) is 23.7 Å². The van der Waals surface area contributed by atoms with Gasteiger partial charge >= 0.3 is 6.03 Å². The SMILES string of the molecule is COc1ccc(NC(=O)NCCCCN2CCCC2)c(OC)c1. The van der Waals surface area contributed by atoms with Crippen LogP contribution in [0.3, 0.4) is 0 Å². The van der Waals surface area contributed by atoms with Crippen LogP contribution in [0.4, 0.5) is 10.5 Å². The number of hydrogen-bond acceptors (Lipinski definition) is 4. The molecule has 1 aliphatic rings. The Hall–Kier alpha value is -1.95. The highest BCUT2D eigenvalue weighted by Crippen LogP contribution is 2.28. The van der Waals surface area contributed by atoms with Crippen LogP contribution < -0.4 is 20.1 Å². The maximum atomic E-state index is 11.9. The highest BCUT2D eigenvalue weighted by Gasteiger charge is 2.11. The second kappa shape index (κ2) is 9.25. The van der Waals surface area contributed by atoms with E-state index in [-0.39, 0.29) is 6.03 Å². The minimum Gasteiger partial charge on any atom is -0.497 e. The quantitative estimate of drug-likeness (QED) is 0.723. The number of nitrogens with zero attached hydrogens (tertiary/aromatic N) is 1. The van der Waals surface area contributed by atoms with Gasteiger partial charge in [-0.1, -0.05) is 0 Å². The molecule has 0 saturated carbocycles. The molecule has 0 unspecified atom stereocenters. The van der Waals surface area contributed by atoms with Gasteiger partial charge in [0.25, 0.3) is 0 Å². The fourth-order valence-corrected chi connectivity index (χ4v) is 2.74. The Morgan fingerprint density at radius 3 is 2.65 bits per heavy atom. The number of nitrogens with one attached hydrogen (secondary N) is 2. The van der Waals surface area contributed by atoms with Gasteiger partial charge in [0, 0.05) is 12.6 Å². The lowest BCUT2D eigenvalue weighted by Gasteiger charge is -2.14. The summed E-state index contributed by atoms with van der Waals surface area (Å²) < 4.78 is 10.4. The zero-order valence-electron chi connectivity index (χ0n) is 14.1. The summed E-state index contributed by atoms with van der Waals surface area (Å²) in [4.78, 5) is 14.4. The van der Waals surface area contributed by atoms with E-state index in [9.17, 15) is 4.79 Å². The maximum Gasteiger partial charge on any atom is 0.319 e. The van der Waals surface area contributed by atoms with Gasteiger partial charge in [-0.2, -0.15) is 0 Å². The minimum atomic E-state index is -0.213. The summed E-state index contributed by atoms with van der Waals surface area (Å²) in [6, 6.07) is 5.08. The van der Waals surface area contributed by atoms with Crippen LogP contribution in [-0.4, -0.2) is 51.3 Å². The molecule has 0 aromatic heterocycles. The van der Waals surface area contributed by atoms with E-state index in [4.69, 9.17) is 9.47 Å². The van der Waals surface area contributed by atoms with Gasteiger partial charge in [-0.25, -0.2) is 4.79 Å². The normalized spacial score (nSPS) is 14.5. The van der Waals surface area contributed by atoms with Crippen LogP contribution in [-0.2, 0) is 0 Å². The van der Waals surface area contributed by atoms with Gasteiger partial charge in [-0.15, -0.1) is 0 Å². The van der Waals surface area contributed by atoms with Crippen molar-refractivity contribution in [2.75, 3.05) is 45.7 Å². The molecule has 2 N–H and O–H groups in total. The van der Waals surface area contributed by atoms with E-state index >= 15 is 0 Å². The van der Waals surface area contributed by atoms with E-state index in [0.717, 1.165) is 19.4 Å². The van der Waals surface area contributed by atoms with Crippen LogP contribution in [0.2, 0.25) is 0 Å². The number of carbonyl (C=O) groups is 1. The monoisotopic (exact) mass is 321 g/mol. The molecule has 1 saturated heterocycles. The number of methoxy groups -OCH3 is 2. The van der Waals surface area contributed by atoms with Gasteiger partial charge in [0.05, 0.1) is 19.9 Å². The zero-order chi connectivity index (χ0) is 16.5. The number of rotatable bonds is 8. The molecule has 2 amide bonds. The number of likely N-dealkylation sites (tertiary alicyclic amines) is 1. The Bertz CT molecular complexity index is 502. The van der Waals surface area contributed by atoms with Crippen LogP contribution >= 0.6 is 0 Å². The molecule has 23 heavy (non-hydrogen) atoms. The highest BCUT2D eigenvalue weighted by molar-refractivity contribution is 5.91. The van der Waals surface area contributed by atoms with Crippen molar-refractivity contribution in [3.05, 3.63) is 18.2 Å². The molecule has 0 spiro atoms. The molecule has 1 fully saturated rings. The average Bonchev–Trinajstić information content (AvgIpc) is 3.08. The van der Waals surface area contributed by atoms with Gasteiger partial charge in [-0.05, 0) is 57.5 Å². The number of ether oxygens (including phenoxy) is 2. The minimum absolute atomic E-state index is 0.213. The Balaban J connectivity index is 1.67. The molecule has 1 heterocycles. The summed E-state index contributed by atoms with van der Waals surface area (Å²) in [5, 5.41) is 5.68. The molecular weight excluding hydrogens is 294 g/mol. The lowest BCUT2D eigenvalue weighted by atomic mass is 10.2. The third kappa shape index (κ3) is 5.63. The number of unbranched alkanes of at least 4 members (excludes halogenated alkanes) is 1. The van der Waals surface area contributed by atoms with Gasteiger partial charge in [-0.3, -0.25) is 0 Å². The Morgan fingerprint density at radius 2 is 1.96 bits per heavy atom. The fraction of sp³-hybridized carbons (Fsp3) is 0.588. The van der Waals surface area contributed by atoms with Gasteiger partial charge < -0.3 is 25.0 Å². The smallest absolute Gasteiger partial charge is 0.319 e. The van der Waals surface area contributed by atoms with Gasteiger partial charge in [0.15, 0.2) is 0 Å². The molecule has 128 valence electrons. The summed E-state index contributed by atoms with van der Waals surface area (Å²) in [7, 11) is 3.16. The summed E-state index contributed by atoms with van der Waals surface area (Å²) in [5.74, 6) is 1.27. The summed E-state index contributed by atoms with van der Waals surface area (Å²) >= 11 is 0. The Morgan fingerprint density at radius 1 is 1.17 bits per heavy atom. The number of urea groups is 1. The maximum absolute atomic E-state index is 11.9. The summed E-state index contributed by atoms with van der Waals surface area (Å²) in [5.41, 5.74) is 0.628. The van der Waals surface area contributed by atoms with E-state index < -0.39 is 0 Å². The molecular formula is C17H27N3O3. The first-order valence-corrected chi connectivity index (χ1v) is 8.22. The topological polar surface area (TPSA) is 62.8 Å². The first-order valence-electron chi connectivity index (χ1n) is 8.22. The number of anilines is 1. The third-order valence-electron chi connectivity index (χ3n) is 4.04. The Labute approximate surface area is 138 Å². The molecule has 0 aliphatic carbocycles. The lowest BCUT2D eigenvalue weighted by molar-refractivity contribution is 0.251. The first-order chi connectivity index (χ1) is 11.2. The number of hydrogen-bond donors (Lipinski definition) is 2. The molecule has 1 aromatic rings. The molecule has 0 radical (unpaired) electrons. The number of benzene rings is 1. The van der Waals surface area contributed by atoms with E-state index in [1.54, 1.807) is 32.4 Å². The molecule has 1 aliphatic heterocycles. The second-order valence-electron chi connectivity index (χ2n) is 5.70. The van der Waals surface area contributed by atoms with Gasteiger partial charge in [0.2, 0.25) is 0 Å². The summed E-state index contributed by atoms with van der Waals surface area (Å²) in [6.45, 7) is 4.27. The molecule has 2 rings (SSSR count). The average molecular weight is 321 g/mol. The Kier molecular flexibility index (Phi) is 7.00. The van der Waals surface area contributed by atoms with E-state index in [1.807, 2.05) is 0 Å². The van der Waals surface area contributed by atoms with Crippen molar-refractivity contribution < 1.29 is 14.3 Å². The molecule has 1 aromatic carbocycles. The third-order valence-corrected chi connectivity index (χ3v) is 4.04. The standard InChI is InChI=1S/C17H27N3O3/c1-22-14-7-8-15(16(13-14)23-2)19-17(21)18-9-3-4-10-20-11-5-6-12-20/h7-8,13H,3-6,9-12H2,1-2H3,(H2,18,19,21). The van der Waals surface area contributed by atoms with Crippen LogP contribution in [0.25, 0.3) is 0 Å². The van der Waals surface area contributed by atoms with E-state index in [2.05, 4.69) is 15.5 Å². The van der Waals surface area contributed by atoms with Crippen molar-refractivity contribution >= 4 is 11.7 Å². The predicted molar refractivity (Wildman–Crippen MR) is 91.5 cm³/mol. The van der Waals surface area contributed by atoms with Crippen LogP contribution in [0, 0.1) is 0 Å². The van der Waals surface area contributed by atoms with Crippen molar-refractivity contribution in [1.29, 1.82) is 0 Å². The van der Waals surface area contributed by atoms with Crippen molar-refractivity contribution in [2.45, 2.75) is 25.7 Å². The number of amides is 2. The predicted octanol–water partition coefficient (Wildman–Crippen LogP) is 2.70. The molecule has 0 bridgehead atoms. The van der Waals surface area contributed by atoms with E-state index in [1.165, 1.54) is 25.9 Å². The largest absolute Gasteiger partial charge is 0.497 e. The highest BCUT2D eigenvalue weighted by atomic mass is 16.5. The van der Waals surface area contributed by atoms with Crippen molar-refractivity contribution in [3.63, 3.8) is 0 Å². The van der Waals surface area contributed by atoms with Crippen LogP contribution in [0.5, 0.6) is 11.5 Å². The van der Waals surface area contributed by atoms with Crippen molar-refractivity contribution in [2.24, 2.45) is 0 Å². The van der Waals surface area contributed by atoms with Crippen LogP contribution in [0.1, 0.15) is 25.7 Å². The fourth-order valence-electron chi connectivity index (χ4n) is 2.74. The van der Waals surface area contributed by atoms with Gasteiger partial charge in [0.1, 0.15) is 11.5 Å². The molecule has 6 heteroatoms. The van der Waals surface area contributed by atoms with Crippen molar-refractivity contribution in [3.8, 4) is 11.5 Å². The van der Waals surface area contributed by atoms with Crippen molar-refractivity contribution in [1.82, 2.24) is 10.2 Å². The summed E-state index contributed by atoms with van der Waals surface area (Å²) in [6.07, 6.45) is 4.75. The second-order valence-corrected chi connectivity index (χ2v) is 5.70. The molecule has 0 atom stereocenters. The zero-order valence-corrected chi connectivity index (χ0v) is 14.1. The molecule has 6 nitrogen and oxygen atoms in total. The number of carbonyl (C=O) groups excluding carboxylic acids is 1. The lowest BCUT2D eigenvalue weighted by Crippen LogP contribution is -2.30. The van der Waals surface area contributed by atoms with Crippen LogP contribution in [0.15, 0.2) is 18.2 Å². The first kappa shape index (κ1) is 17.4.